The van der Waals surface area contributed by atoms with Crippen LogP contribution in [0.5, 0.6) is 0 Å². The molecule has 1 N–H and O–H groups in total. The molecule has 2 heterocycles. The van der Waals surface area contributed by atoms with Crippen molar-refractivity contribution < 1.29 is 8.42 Å². The van der Waals surface area contributed by atoms with Crippen molar-refractivity contribution in [3.05, 3.63) is 16.9 Å². The molecule has 1 aromatic rings. The highest BCUT2D eigenvalue weighted by Crippen LogP contribution is 2.17. The van der Waals surface area contributed by atoms with Crippen LogP contribution >= 0.6 is 11.6 Å². The summed E-state index contributed by atoms with van der Waals surface area (Å²) in [5, 5.41) is 3.17. The van der Waals surface area contributed by atoms with Gasteiger partial charge in [-0.25, -0.2) is 18.4 Å². The molecule has 0 aliphatic carbocycles. The highest BCUT2D eigenvalue weighted by molar-refractivity contribution is 7.91. The van der Waals surface area contributed by atoms with Crippen LogP contribution in [0.3, 0.4) is 0 Å². The van der Waals surface area contributed by atoms with E-state index in [1.54, 1.807) is 6.92 Å². The van der Waals surface area contributed by atoms with E-state index in [4.69, 9.17) is 11.6 Å². The summed E-state index contributed by atoms with van der Waals surface area (Å²) in [4.78, 5) is 7.68. The topological polar surface area (TPSA) is 72.0 Å². The van der Waals surface area contributed by atoms with E-state index in [0.717, 1.165) is 19.5 Å². The van der Waals surface area contributed by atoms with Crippen LogP contribution in [0.25, 0.3) is 0 Å². The molecule has 1 unspecified atom stereocenters. The van der Waals surface area contributed by atoms with Crippen LogP contribution in [-0.2, 0) is 9.84 Å². The molecule has 2 rings (SSSR count). The van der Waals surface area contributed by atoms with Gasteiger partial charge in [-0.1, -0.05) is 11.6 Å². The molecule has 7 heteroatoms. The van der Waals surface area contributed by atoms with Crippen molar-refractivity contribution in [3.63, 3.8) is 0 Å². The van der Waals surface area contributed by atoms with Crippen molar-refractivity contribution in [3.8, 4) is 0 Å². The summed E-state index contributed by atoms with van der Waals surface area (Å²) in [6.45, 7) is 3.34. The van der Waals surface area contributed by atoms with Crippen LogP contribution in [0.15, 0.2) is 11.4 Å². The van der Waals surface area contributed by atoms with Crippen LogP contribution in [0.1, 0.15) is 12.0 Å². The van der Waals surface area contributed by atoms with Gasteiger partial charge in [-0.15, -0.1) is 0 Å². The molecule has 0 aromatic carbocycles. The van der Waals surface area contributed by atoms with Gasteiger partial charge in [-0.05, 0) is 32.4 Å². The van der Waals surface area contributed by atoms with Crippen molar-refractivity contribution in [1.82, 2.24) is 15.3 Å². The lowest BCUT2D eigenvalue weighted by Crippen LogP contribution is -2.20. The van der Waals surface area contributed by atoms with E-state index in [-0.39, 0.29) is 22.0 Å². The molecule has 1 aliphatic rings. The van der Waals surface area contributed by atoms with E-state index in [1.807, 2.05) is 0 Å². The number of hydrogen-bond donors (Lipinski definition) is 1. The van der Waals surface area contributed by atoms with Crippen molar-refractivity contribution >= 4 is 21.4 Å². The molecule has 1 atom stereocenters. The maximum absolute atomic E-state index is 12.0. The molecule has 1 aliphatic heterocycles. The second-order valence-corrected chi connectivity index (χ2v) is 6.55. The number of sulfone groups is 1. The number of nitrogens with one attached hydrogen (secondary N) is 1. The summed E-state index contributed by atoms with van der Waals surface area (Å²) in [6, 6.07) is 0. The van der Waals surface area contributed by atoms with E-state index in [1.165, 1.54) is 6.20 Å². The van der Waals surface area contributed by atoms with Crippen LogP contribution in [0, 0.1) is 12.8 Å². The summed E-state index contributed by atoms with van der Waals surface area (Å²) in [5.74, 6) is 0.225. The van der Waals surface area contributed by atoms with Crippen LogP contribution in [-0.4, -0.2) is 37.2 Å². The Kier molecular flexibility index (Phi) is 3.65. The fraction of sp³-hybridized carbons (Fsp3) is 0.600. The summed E-state index contributed by atoms with van der Waals surface area (Å²) in [7, 11) is -3.43. The fourth-order valence-corrected chi connectivity index (χ4v) is 3.47. The lowest BCUT2D eigenvalue weighted by Gasteiger charge is -2.08. The first kappa shape index (κ1) is 12.7. The molecule has 94 valence electrons. The minimum absolute atomic E-state index is 0.0827. The van der Waals surface area contributed by atoms with Crippen molar-refractivity contribution in [2.75, 3.05) is 18.8 Å². The Hall–Kier alpha value is -0.720. The number of aromatic nitrogens is 2. The molecule has 1 saturated heterocycles. The van der Waals surface area contributed by atoms with Crippen molar-refractivity contribution in [2.24, 2.45) is 5.92 Å². The zero-order valence-electron chi connectivity index (χ0n) is 9.48. The van der Waals surface area contributed by atoms with Gasteiger partial charge in [0.15, 0.2) is 0 Å². The molecule has 5 nitrogen and oxygen atoms in total. The molecular weight excluding hydrogens is 262 g/mol. The lowest BCUT2D eigenvalue weighted by molar-refractivity contribution is 0.562. The number of nitrogens with zero attached hydrogens (tertiary/aromatic N) is 2. The van der Waals surface area contributed by atoms with Gasteiger partial charge in [0.2, 0.25) is 15.0 Å². The van der Waals surface area contributed by atoms with Crippen LogP contribution in [0.2, 0.25) is 5.15 Å². The number of rotatable bonds is 3. The predicted molar refractivity (Wildman–Crippen MR) is 64.8 cm³/mol. The SMILES string of the molecule is Cc1cnc(S(=O)(=O)CC2CCNC2)nc1Cl. The van der Waals surface area contributed by atoms with Gasteiger partial charge >= 0.3 is 0 Å². The fourth-order valence-electron chi connectivity index (χ4n) is 1.80. The summed E-state index contributed by atoms with van der Waals surface area (Å²) in [6.07, 6.45) is 2.31. The average molecular weight is 276 g/mol. The van der Waals surface area contributed by atoms with Crippen LogP contribution < -0.4 is 5.32 Å². The van der Waals surface area contributed by atoms with Crippen LogP contribution in [0.4, 0.5) is 0 Å². The lowest BCUT2D eigenvalue weighted by atomic mass is 10.2. The van der Waals surface area contributed by atoms with Gasteiger partial charge in [0.1, 0.15) is 5.15 Å². The first-order valence-corrected chi connectivity index (χ1v) is 7.44. The molecule has 0 spiro atoms. The first-order chi connectivity index (χ1) is 7.99. The third-order valence-electron chi connectivity index (χ3n) is 2.78. The highest BCUT2D eigenvalue weighted by atomic mass is 35.5. The molecule has 0 bridgehead atoms. The van der Waals surface area contributed by atoms with Gasteiger partial charge in [0.25, 0.3) is 0 Å². The summed E-state index contributed by atoms with van der Waals surface area (Å²) < 4.78 is 24.1. The average Bonchev–Trinajstić information content (AvgIpc) is 2.73. The minimum Gasteiger partial charge on any atom is -0.316 e. The van der Waals surface area contributed by atoms with Gasteiger partial charge in [0.05, 0.1) is 5.75 Å². The quantitative estimate of drug-likeness (QED) is 0.653. The summed E-state index contributed by atoms with van der Waals surface area (Å²) >= 11 is 5.81. The Morgan fingerprint density at radius 2 is 2.35 bits per heavy atom. The zero-order chi connectivity index (χ0) is 12.5. The Morgan fingerprint density at radius 1 is 1.59 bits per heavy atom. The molecule has 1 fully saturated rings. The summed E-state index contributed by atoms with van der Waals surface area (Å²) in [5.41, 5.74) is 0.674. The smallest absolute Gasteiger partial charge is 0.248 e. The Labute approximate surface area is 106 Å². The van der Waals surface area contributed by atoms with E-state index in [0.29, 0.717) is 5.56 Å². The Balaban J connectivity index is 2.21. The van der Waals surface area contributed by atoms with E-state index in [2.05, 4.69) is 15.3 Å². The Bertz CT molecular complexity index is 512. The van der Waals surface area contributed by atoms with Crippen molar-refractivity contribution in [2.45, 2.75) is 18.5 Å². The Morgan fingerprint density at radius 3 is 2.94 bits per heavy atom. The van der Waals surface area contributed by atoms with E-state index in [9.17, 15) is 8.42 Å². The maximum atomic E-state index is 12.0. The van der Waals surface area contributed by atoms with Gasteiger partial charge in [-0.2, -0.15) is 0 Å². The standard InChI is InChI=1S/C10H14ClN3O2S/c1-7-4-13-10(14-9(7)11)17(15,16)6-8-2-3-12-5-8/h4,8,12H,2-3,5-6H2,1H3. The van der Waals surface area contributed by atoms with Crippen molar-refractivity contribution in [1.29, 1.82) is 0 Å². The zero-order valence-corrected chi connectivity index (χ0v) is 11.1. The molecule has 0 radical (unpaired) electrons. The number of aryl methyl sites for hydroxylation is 1. The predicted octanol–water partition coefficient (Wildman–Crippen LogP) is 0.822. The first-order valence-electron chi connectivity index (χ1n) is 5.41. The van der Waals surface area contributed by atoms with Gasteiger partial charge in [-0.3, -0.25) is 0 Å². The maximum Gasteiger partial charge on any atom is 0.248 e. The molecule has 0 amide bonds. The monoisotopic (exact) mass is 275 g/mol. The second-order valence-electron chi connectivity index (χ2n) is 4.27. The molecule has 17 heavy (non-hydrogen) atoms. The third-order valence-corrected chi connectivity index (χ3v) is 4.83. The number of halogens is 1. The van der Waals surface area contributed by atoms with E-state index < -0.39 is 9.84 Å². The molecular formula is C10H14ClN3O2S. The van der Waals surface area contributed by atoms with Gasteiger partial charge < -0.3 is 5.32 Å². The minimum atomic E-state index is -3.43. The second kappa shape index (κ2) is 4.88. The van der Waals surface area contributed by atoms with E-state index >= 15 is 0 Å². The van der Waals surface area contributed by atoms with Gasteiger partial charge in [0, 0.05) is 11.8 Å². The third kappa shape index (κ3) is 2.94. The highest BCUT2D eigenvalue weighted by Gasteiger charge is 2.26. The number of hydrogen-bond acceptors (Lipinski definition) is 5. The molecule has 0 saturated carbocycles. The molecule has 1 aromatic heterocycles. The normalized spacial score (nSPS) is 20.7. The largest absolute Gasteiger partial charge is 0.316 e.